The number of amides is 1. The predicted octanol–water partition coefficient (Wildman–Crippen LogP) is 2.97. The molecular weight excluding hydrogens is 318 g/mol. The van der Waals surface area contributed by atoms with Crippen molar-refractivity contribution in [1.29, 1.82) is 0 Å². The lowest BCUT2D eigenvalue weighted by molar-refractivity contribution is -0.151. The first-order chi connectivity index (χ1) is 8.22. The molecule has 0 aliphatic rings. The predicted molar refractivity (Wildman–Crippen MR) is 74.5 cm³/mol. The van der Waals surface area contributed by atoms with Gasteiger partial charge in [0.05, 0.1) is 9.20 Å². The summed E-state index contributed by atoms with van der Waals surface area (Å²) in [6, 6.07) is 1.96. The quantitative estimate of drug-likeness (QED) is 0.901. The molecule has 0 aliphatic heterocycles. The number of halogens is 1. The van der Waals surface area contributed by atoms with E-state index in [0.717, 1.165) is 9.35 Å². The van der Waals surface area contributed by atoms with Crippen molar-refractivity contribution >= 4 is 39.1 Å². The summed E-state index contributed by atoms with van der Waals surface area (Å²) < 4.78 is 1.02. The average Bonchev–Trinajstić information content (AvgIpc) is 2.63. The Balaban J connectivity index is 2.59. The smallest absolute Gasteiger partial charge is 0.309 e. The zero-order valence-electron chi connectivity index (χ0n) is 10.6. The highest BCUT2D eigenvalue weighted by Gasteiger charge is 2.31. The van der Waals surface area contributed by atoms with Crippen molar-refractivity contribution < 1.29 is 14.7 Å². The Morgan fingerprint density at radius 1 is 1.50 bits per heavy atom. The van der Waals surface area contributed by atoms with Crippen LogP contribution in [0.25, 0.3) is 0 Å². The molecule has 6 heteroatoms. The number of rotatable bonds is 5. The lowest BCUT2D eigenvalue weighted by Gasteiger charge is -2.23. The van der Waals surface area contributed by atoms with Crippen LogP contribution in [0.2, 0.25) is 0 Å². The SMILES string of the molecule is CN(Cc1csc(Br)c1)C(=O)CC(C)(C)C(=O)O. The fourth-order valence-electron chi connectivity index (χ4n) is 1.38. The molecule has 0 atom stereocenters. The van der Waals surface area contributed by atoms with E-state index in [9.17, 15) is 9.59 Å². The van der Waals surface area contributed by atoms with Gasteiger partial charge >= 0.3 is 5.97 Å². The summed E-state index contributed by atoms with van der Waals surface area (Å²) in [7, 11) is 1.69. The maximum atomic E-state index is 11.9. The Morgan fingerprint density at radius 3 is 2.56 bits per heavy atom. The van der Waals surface area contributed by atoms with Gasteiger partial charge in [-0.15, -0.1) is 11.3 Å². The second kappa shape index (κ2) is 5.84. The van der Waals surface area contributed by atoms with Gasteiger partial charge in [-0.05, 0) is 46.8 Å². The average molecular weight is 334 g/mol. The van der Waals surface area contributed by atoms with Crippen LogP contribution in [-0.4, -0.2) is 28.9 Å². The van der Waals surface area contributed by atoms with E-state index in [1.165, 1.54) is 0 Å². The zero-order valence-corrected chi connectivity index (χ0v) is 13.0. The summed E-state index contributed by atoms with van der Waals surface area (Å²) in [4.78, 5) is 24.4. The summed E-state index contributed by atoms with van der Waals surface area (Å²) in [5.74, 6) is -1.12. The molecule has 1 rings (SSSR count). The van der Waals surface area contributed by atoms with Crippen molar-refractivity contribution in [2.24, 2.45) is 5.41 Å². The van der Waals surface area contributed by atoms with Crippen LogP contribution in [0.1, 0.15) is 25.8 Å². The number of nitrogens with zero attached hydrogens (tertiary/aromatic N) is 1. The Bertz CT molecular complexity index is 456. The Hall–Kier alpha value is -0.880. The largest absolute Gasteiger partial charge is 0.481 e. The first kappa shape index (κ1) is 15.2. The molecule has 0 radical (unpaired) electrons. The van der Waals surface area contributed by atoms with Crippen molar-refractivity contribution in [3.05, 3.63) is 20.8 Å². The van der Waals surface area contributed by atoms with Gasteiger partial charge in [0.25, 0.3) is 0 Å². The normalized spacial score (nSPS) is 11.3. The molecule has 100 valence electrons. The van der Waals surface area contributed by atoms with E-state index < -0.39 is 11.4 Å². The van der Waals surface area contributed by atoms with Gasteiger partial charge in [-0.3, -0.25) is 9.59 Å². The van der Waals surface area contributed by atoms with E-state index in [4.69, 9.17) is 5.11 Å². The minimum absolute atomic E-state index is 0.00411. The van der Waals surface area contributed by atoms with Gasteiger partial charge in [0.1, 0.15) is 0 Å². The number of carboxylic acids is 1. The molecule has 0 saturated carbocycles. The molecule has 0 spiro atoms. The molecule has 4 nitrogen and oxygen atoms in total. The highest BCUT2D eigenvalue weighted by molar-refractivity contribution is 9.11. The minimum Gasteiger partial charge on any atom is -0.481 e. The molecule has 1 aromatic heterocycles. The van der Waals surface area contributed by atoms with Crippen LogP contribution in [0.5, 0.6) is 0 Å². The van der Waals surface area contributed by atoms with Crippen LogP contribution in [-0.2, 0) is 16.1 Å². The lowest BCUT2D eigenvalue weighted by Crippen LogP contribution is -2.34. The van der Waals surface area contributed by atoms with Gasteiger partial charge in [-0.2, -0.15) is 0 Å². The molecule has 0 aliphatic carbocycles. The third kappa shape index (κ3) is 4.10. The number of hydrogen-bond acceptors (Lipinski definition) is 3. The maximum Gasteiger partial charge on any atom is 0.309 e. The third-order valence-electron chi connectivity index (χ3n) is 2.64. The Morgan fingerprint density at radius 2 is 2.11 bits per heavy atom. The van der Waals surface area contributed by atoms with Crippen LogP contribution < -0.4 is 0 Å². The molecular formula is C12H16BrNO3S. The van der Waals surface area contributed by atoms with Crippen molar-refractivity contribution in [3.63, 3.8) is 0 Å². The summed E-state index contributed by atoms with van der Waals surface area (Å²) in [5.41, 5.74) is 0.0106. The molecule has 0 fully saturated rings. The van der Waals surface area contributed by atoms with Crippen LogP contribution in [0.4, 0.5) is 0 Å². The van der Waals surface area contributed by atoms with Crippen molar-refractivity contribution in [3.8, 4) is 0 Å². The van der Waals surface area contributed by atoms with Gasteiger partial charge < -0.3 is 10.0 Å². The second-order valence-corrected chi connectivity index (χ2v) is 7.17. The van der Waals surface area contributed by atoms with E-state index in [1.807, 2.05) is 11.4 Å². The molecule has 0 saturated heterocycles. The molecule has 1 aromatic rings. The van der Waals surface area contributed by atoms with Crippen LogP contribution in [0, 0.1) is 5.41 Å². The number of carbonyl (C=O) groups excluding carboxylic acids is 1. The molecule has 0 bridgehead atoms. The molecule has 1 amide bonds. The molecule has 0 unspecified atom stereocenters. The molecule has 1 N–H and O–H groups in total. The monoisotopic (exact) mass is 333 g/mol. The summed E-state index contributed by atoms with van der Waals surface area (Å²) in [6.07, 6.45) is 0.00411. The Kier molecular flexibility index (Phi) is 4.92. The highest BCUT2D eigenvalue weighted by Crippen LogP contribution is 2.24. The van der Waals surface area contributed by atoms with E-state index in [1.54, 1.807) is 37.1 Å². The highest BCUT2D eigenvalue weighted by atomic mass is 79.9. The van der Waals surface area contributed by atoms with Gasteiger partial charge in [-0.1, -0.05) is 0 Å². The third-order valence-corrected chi connectivity index (χ3v) is 4.19. The van der Waals surface area contributed by atoms with Crippen LogP contribution in [0.15, 0.2) is 15.2 Å². The number of carboxylic acid groups (broad SMARTS) is 1. The van der Waals surface area contributed by atoms with E-state index >= 15 is 0 Å². The van der Waals surface area contributed by atoms with Crippen molar-refractivity contribution in [1.82, 2.24) is 4.90 Å². The fraction of sp³-hybridized carbons (Fsp3) is 0.500. The van der Waals surface area contributed by atoms with Gasteiger partial charge in [0.15, 0.2) is 0 Å². The zero-order chi connectivity index (χ0) is 13.9. The van der Waals surface area contributed by atoms with Crippen molar-refractivity contribution in [2.75, 3.05) is 7.05 Å². The molecule has 0 aromatic carbocycles. The maximum absolute atomic E-state index is 11.9. The topological polar surface area (TPSA) is 57.6 Å². The van der Waals surface area contributed by atoms with Crippen LogP contribution in [0.3, 0.4) is 0 Å². The first-order valence-corrected chi connectivity index (χ1v) is 7.10. The van der Waals surface area contributed by atoms with E-state index in [-0.39, 0.29) is 12.3 Å². The summed E-state index contributed by atoms with van der Waals surface area (Å²) >= 11 is 4.93. The summed E-state index contributed by atoms with van der Waals surface area (Å²) in [5, 5.41) is 11.0. The first-order valence-electron chi connectivity index (χ1n) is 5.42. The summed E-state index contributed by atoms with van der Waals surface area (Å²) in [6.45, 7) is 3.61. The minimum atomic E-state index is -1.03. The van der Waals surface area contributed by atoms with Gasteiger partial charge in [0, 0.05) is 20.0 Å². The number of carbonyl (C=O) groups is 2. The lowest BCUT2D eigenvalue weighted by atomic mass is 9.89. The molecule has 18 heavy (non-hydrogen) atoms. The molecule has 1 heterocycles. The fourth-order valence-corrected chi connectivity index (χ4v) is 2.58. The van der Waals surface area contributed by atoms with Crippen LogP contribution >= 0.6 is 27.3 Å². The van der Waals surface area contributed by atoms with Crippen molar-refractivity contribution in [2.45, 2.75) is 26.8 Å². The van der Waals surface area contributed by atoms with E-state index in [2.05, 4.69) is 15.9 Å². The standard InChI is InChI=1S/C12H16BrNO3S/c1-12(2,11(16)17)5-10(15)14(3)6-8-4-9(13)18-7-8/h4,7H,5-6H2,1-3H3,(H,16,17). The number of aliphatic carboxylic acids is 1. The number of thiophene rings is 1. The van der Waals surface area contributed by atoms with Gasteiger partial charge in [-0.25, -0.2) is 0 Å². The second-order valence-electron chi connectivity index (χ2n) is 4.87. The Labute approximate surface area is 119 Å². The van der Waals surface area contributed by atoms with E-state index in [0.29, 0.717) is 6.54 Å². The van der Waals surface area contributed by atoms with Gasteiger partial charge in [0.2, 0.25) is 5.91 Å². The number of hydrogen-bond donors (Lipinski definition) is 1.